The van der Waals surface area contributed by atoms with E-state index in [4.69, 9.17) is 4.98 Å². The summed E-state index contributed by atoms with van der Waals surface area (Å²) in [5.41, 5.74) is 11.1. The molecule has 0 bridgehead atoms. The zero-order valence-electron chi connectivity index (χ0n) is 37.6. The van der Waals surface area contributed by atoms with Crippen LogP contribution in [0, 0.1) is 0 Å². The molecule has 12 rings (SSSR count). The number of nitrogens with zero attached hydrogens (tertiary/aromatic N) is 4. The quantitative estimate of drug-likeness (QED) is 0.0852. The van der Waals surface area contributed by atoms with Crippen LogP contribution >= 0.6 is 0 Å². The van der Waals surface area contributed by atoms with Crippen LogP contribution < -0.4 is 0 Å². The number of hydrogen-bond acceptors (Lipinski definition) is 3. The van der Waals surface area contributed by atoms with Crippen LogP contribution in [0.3, 0.4) is 0 Å². The van der Waals surface area contributed by atoms with Crippen molar-refractivity contribution in [1.29, 1.82) is 0 Å². The van der Waals surface area contributed by atoms with Crippen molar-refractivity contribution in [2.75, 3.05) is 0 Å². The van der Waals surface area contributed by atoms with Crippen LogP contribution in [0.4, 0.5) is 0 Å². The molecule has 0 saturated heterocycles. The van der Waals surface area contributed by atoms with E-state index in [2.05, 4.69) is 210 Å². The van der Waals surface area contributed by atoms with Crippen molar-refractivity contribution < 1.29 is 0 Å². The second kappa shape index (κ2) is 18.6. The molecule has 1 heterocycles. The number of pyridine rings is 1. The Morgan fingerprint density at radius 3 is 1.37 bits per heavy atom. The van der Waals surface area contributed by atoms with Gasteiger partial charge in [0.1, 0.15) is 0 Å². The second-order valence-electron chi connectivity index (χ2n) is 17.0. The largest absolute Gasteiger partial charge is 0.296 e. The van der Waals surface area contributed by atoms with Crippen molar-refractivity contribution in [2.24, 2.45) is 15.0 Å². The minimum Gasteiger partial charge on any atom is -0.296 e. The molecule has 1 aromatic heterocycles. The van der Waals surface area contributed by atoms with Crippen LogP contribution in [0.15, 0.2) is 245 Å². The molecule has 0 spiro atoms. The Labute approximate surface area is 396 Å². The average Bonchev–Trinajstić information content (AvgIpc) is 3.41. The van der Waals surface area contributed by atoms with Gasteiger partial charge in [0.2, 0.25) is 0 Å². The van der Waals surface area contributed by atoms with E-state index < -0.39 is 0 Å². The maximum atomic E-state index is 5.49. The molecule has 4 nitrogen and oxygen atoms in total. The van der Waals surface area contributed by atoms with E-state index in [0.717, 1.165) is 38.7 Å². The molecule has 0 radical (unpaired) electrons. The van der Waals surface area contributed by atoms with Crippen molar-refractivity contribution >= 4 is 84.0 Å². The number of amidine groups is 1. The molecule has 0 amide bonds. The van der Waals surface area contributed by atoms with Gasteiger partial charge in [0, 0.05) is 21.9 Å². The van der Waals surface area contributed by atoms with Crippen LogP contribution in [-0.4, -0.2) is 24.3 Å². The van der Waals surface area contributed by atoms with E-state index >= 15 is 0 Å². The minimum atomic E-state index is 0.594. The van der Waals surface area contributed by atoms with Gasteiger partial charge >= 0.3 is 0 Å². The highest BCUT2D eigenvalue weighted by Crippen LogP contribution is 2.45. The molecule has 0 fully saturated rings. The monoisotopic (exact) mass is 870 g/mol. The molecule has 322 valence electrons. The van der Waals surface area contributed by atoms with Gasteiger partial charge in [-0.2, -0.15) is 0 Å². The van der Waals surface area contributed by atoms with E-state index in [1.54, 1.807) is 0 Å². The summed E-state index contributed by atoms with van der Waals surface area (Å²) in [6, 6.07) is 81.9. The number of aliphatic imine (C=N–C) groups is 3. The summed E-state index contributed by atoms with van der Waals surface area (Å²) < 4.78 is 0. The van der Waals surface area contributed by atoms with Crippen molar-refractivity contribution in [2.45, 2.75) is 13.1 Å². The maximum Gasteiger partial charge on any atom is 0.154 e. The van der Waals surface area contributed by atoms with E-state index in [9.17, 15) is 0 Å². The maximum absolute atomic E-state index is 5.49. The number of aromatic nitrogens is 1. The molecule has 68 heavy (non-hydrogen) atoms. The first kappa shape index (κ1) is 41.8. The summed E-state index contributed by atoms with van der Waals surface area (Å²) in [6.45, 7) is 8.48. The average molecular weight is 871 g/mol. The van der Waals surface area contributed by atoms with E-state index in [1.165, 1.54) is 76.3 Å². The number of benzene rings is 11. The molecule has 4 heteroatoms. The highest BCUT2D eigenvalue weighted by atomic mass is 14.9. The minimum absolute atomic E-state index is 0.594. The highest BCUT2D eigenvalue weighted by Gasteiger charge is 2.20. The lowest BCUT2D eigenvalue weighted by molar-refractivity contribution is 1.06. The summed E-state index contributed by atoms with van der Waals surface area (Å²) in [6.07, 6.45) is 0. The number of hydrogen-bond donors (Lipinski definition) is 0. The normalized spacial score (nSPS) is 11.6. The second-order valence-corrected chi connectivity index (χ2v) is 17.0. The van der Waals surface area contributed by atoms with Crippen molar-refractivity contribution in [3.8, 4) is 33.5 Å². The van der Waals surface area contributed by atoms with Crippen LogP contribution in [0.25, 0.3) is 98.3 Å². The molecular weight excluding hydrogens is 825 g/mol. The number of fused-ring (bicyclic) bond motifs is 9. The Morgan fingerprint density at radius 1 is 0.368 bits per heavy atom. The lowest BCUT2D eigenvalue weighted by Crippen LogP contribution is -1.97. The first-order valence-corrected chi connectivity index (χ1v) is 23.0. The zero-order chi connectivity index (χ0) is 45.8. The predicted octanol–water partition coefficient (Wildman–Crippen LogP) is 16.5. The fourth-order valence-electron chi connectivity index (χ4n) is 9.68. The van der Waals surface area contributed by atoms with Crippen molar-refractivity contribution in [1.82, 2.24) is 4.98 Å². The van der Waals surface area contributed by atoms with E-state index in [-0.39, 0.29) is 0 Å². The zero-order valence-corrected chi connectivity index (χ0v) is 37.6. The Kier molecular flexibility index (Phi) is 11.4. The lowest BCUT2D eigenvalue weighted by Gasteiger charge is -2.19. The standard InChI is InChI=1S/C49H32N2.C15H14N2/c1-50-30-31-22-24-32(25-23-31)48-29-46(44-27-34-13-3-5-15-36(34)38-17-7-9-19-40(38)44)47-28-45(41-20-10-11-21-42(41)49(47)51-48)43-26-33-12-2-4-14-35(33)37-16-6-8-18-39(37)43;1-16-15(14-10-6-3-7-11-14)17-12-13-8-4-2-5-9-13/h2-29H,1,30H2;2-11H,1,12H2. The summed E-state index contributed by atoms with van der Waals surface area (Å²) in [7, 11) is 0. The summed E-state index contributed by atoms with van der Waals surface area (Å²) >= 11 is 0. The molecule has 0 aliphatic heterocycles. The molecule has 12 aromatic rings. The Hall–Kier alpha value is -8.86. The van der Waals surface area contributed by atoms with Crippen LogP contribution in [0.1, 0.15) is 16.7 Å². The predicted molar refractivity (Wildman–Crippen MR) is 292 cm³/mol. The molecule has 11 aromatic carbocycles. The first-order chi connectivity index (χ1) is 33.6. The Bertz CT molecular complexity index is 3870. The van der Waals surface area contributed by atoms with Crippen LogP contribution in [0.2, 0.25) is 0 Å². The smallest absolute Gasteiger partial charge is 0.154 e. The fourth-order valence-corrected chi connectivity index (χ4v) is 9.68. The third-order valence-electron chi connectivity index (χ3n) is 12.9. The van der Waals surface area contributed by atoms with Gasteiger partial charge in [-0.1, -0.05) is 206 Å². The topological polar surface area (TPSA) is 50.0 Å². The molecule has 0 N–H and O–H groups in total. The van der Waals surface area contributed by atoms with Gasteiger partial charge in [0.05, 0.1) is 24.3 Å². The summed E-state index contributed by atoms with van der Waals surface area (Å²) in [5.74, 6) is 0.689. The van der Waals surface area contributed by atoms with Gasteiger partial charge in [-0.3, -0.25) is 9.98 Å². The van der Waals surface area contributed by atoms with Gasteiger partial charge < -0.3 is 0 Å². The molecule has 0 aliphatic carbocycles. The highest BCUT2D eigenvalue weighted by molar-refractivity contribution is 6.23. The summed E-state index contributed by atoms with van der Waals surface area (Å²) in [4.78, 5) is 18.0. The third kappa shape index (κ3) is 7.99. The van der Waals surface area contributed by atoms with Crippen molar-refractivity contribution in [3.05, 3.63) is 247 Å². The lowest BCUT2D eigenvalue weighted by atomic mass is 9.86. The van der Waals surface area contributed by atoms with Gasteiger partial charge in [0.25, 0.3) is 0 Å². The molecule has 0 aliphatic rings. The van der Waals surface area contributed by atoms with Gasteiger partial charge in [-0.25, -0.2) is 9.98 Å². The first-order valence-electron chi connectivity index (χ1n) is 23.0. The molecule has 0 atom stereocenters. The van der Waals surface area contributed by atoms with Crippen LogP contribution in [-0.2, 0) is 13.1 Å². The molecular formula is C64H46N4. The molecule has 0 saturated carbocycles. The van der Waals surface area contributed by atoms with Crippen molar-refractivity contribution in [3.63, 3.8) is 0 Å². The van der Waals surface area contributed by atoms with Gasteiger partial charge in [-0.15, -0.1) is 0 Å². The van der Waals surface area contributed by atoms with E-state index in [1.807, 2.05) is 48.5 Å². The Balaban J connectivity index is 0.000000252. The van der Waals surface area contributed by atoms with Gasteiger partial charge in [0.15, 0.2) is 5.84 Å². The SMILES string of the molecule is C=NC(=NCc1ccccc1)c1ccccc1.C=NCc1ccc(-c2cc(-c3cc4ccccc4c4ccccc34)c3cc(-c4cc5ccccc5c5ccccc45)c4ccccc4c3n2)cc1. The van der Waals surface area contributed by atoms with Crippen LogP contribution in [0.5, 0.6) is 0 Å². The molecule has 0 unspecified atom stereocenters. The fraction of sp³-hybridized carbons (Fsp3) is 0.0312. The van der Waals surface area contributed by atoms with E-state index in [0.29, 0.717) is 18.9 Å². The summed E-state index contributed by atoms with van der Waals surface area (Å²) in [5, 5.41) is 13.4. The number of rotatable bonds is 8. The van der Waals surface area contributed by atoms with Gasteiger partial charge in [-0.05, 0) is 120 Å². The third-order valence-corrected chi connectivity index (χ3v) is 12.9. The Morgan fingerprint density at radius 2 is 0.809 bits per heavy atom.